The summed E-state index contributed by atoms with van der Waals surface area (Å²) < 4.78 is 26.9. The Labute approximate surface area is 194 Å². The van der Waals surface area contributed by atoms with Gasteiger partial charge in [-0.1, -0.05) is 0 Å². The lowest BCUT2D eigenvalue weighted by Crippen LogP contribution is -2.65. The molecule has 0 aromatic heterocycles. The average Bonchev–Trinajstić information content (AvgIpc) is 2.83. The van der Waals surface area contributed by atoms with Gasteiger partial charge in [-0.25, -0.2) is 0 Å². The zero-order valence-corrected chi connectivity index (χ0v) is 18.3. The maximum absolute atomic E-state index is 10.6. The van der Waals surface area contributed by atoms with E-state index in [1.807, 2.05) is 0 Å². The first-order valence-electron chi connectivity index (χ1n) is 10.9. The van der Waals surface area contributed by atoms with Crippen LogP contribution < -0.4 is 0 Å². The highest BCUT2D eigenvalue weighted by Gasteiger charge is 2.51. The van der Waals surface area contributed by atoms with Crippen LogP contribution in [0.25, 0.3) is 0 Å². The fraction of sp³-hybridized carbons (Fsp3) is 1.00. The summed E-state index contributed by atoms with van der Waals surface area (Å²) in [7, 11) is 0. The molecular formula is C19H34O15. The Kier molecular flexibility index (Phi) is 9.57. The molecule has 0 saturated carbocycles. The molecule has 15 nitrogen and oxygen atoms in total. The van der Waals surface area contributed by atoms with E-state index in [1.54, 1.807) is 0 Å². The molecule has 3 saturated heterocycles. The highest BCUT2D eigenvalue weighted by Crippen LogP contribution is 2.30. The Balaban J connectivity index is 1.63. The molecule has 6 unspecified atom stereocenters. The van der Waals surface area contributed by atoms with Gasteiger partial charge in [-0.2, -0.15) is 0 Å². The normalized spacial score (nSPS) is 52.5. The second-order valence-electron chi connectivity index (χ2n) is 8.69. The molecule has 15 atom stereocenters. The third-order valence-corrected chi connectivity index (χ3v) is 6.34. The number of hydrogen-bond acceptors (Lipinski definition) is 15. The third-order valence-electron chi connectivity index (χ3n) is 6.34. The van der Waals surface area contributed by atoms with E-state index in [1.165, 1.54) is 6.92 Å². The topological polar surface area (TPSA) is 248 Å². The molecule has 3 rings (SSSR count). The van der Waals surface area contributed by atoms with Crippen LogP contribution in [0.2, 0.25) is 0 Å². The van der Waals surface area contributed by atoms with Crippen molar-refractivity contribution < 1.29 is 74.7 Å². The molecule has 0 aliphatic carbocycles. The summed E-state index contributed by atoms with van der Waals surface area (Å²) in [4.78, 5) is 0. The first kappa shape index (κ1) is 28.0. The van der Waals surface area contributed by atoms with E-state index in [-0.39, 0.29) is 0 Å². The molecule has 3 fully saturated rings. The van der Waals surface area contributed by atoms with Crippen LogP contribution in [0.1, 0.15) is 6.92 Å². The predicted molar refractivity (Wildman–Crippen MR) is 105 cm³/mol. The van der Waals surface area contributed by atoms with Gasteiger partial charge in [0, 0.05) is 0 Å². The molecule has 3 aliphatic rings. The lowest BCUT2D eigenvalue weighted by atomic mass is 9.96. The molecule has 0 aromatic rings. The number of aliphatic hydroxyl groups excluding tert-OH is 10. The summed E-state index contributed by atoms with van der Waals surface area (Å²) in [6.45, 7) is -0.391. The Morgan fingerprint density at radius 3 is 1.71 bits per heavy atom. The largest absolute Gasteiger partial charge is 0.394 e. The molecule has 200 valence electrons. The van der Waals surface area contributed by atoms with Gasteiger partial charge in [0.15, 0.2) is 12.6 Å². The van der Waals surface area contributed by atoms with Crippen molar-refractivity contribution in [1.82, 2.24) is 0 Å². The molecule has 34 heavy (non-hydrogen) atoms. The summed E-state index contributed by atoms with van der Waals surface area (Å²) in [5.74, 6) is 0. The Bertz CT molecular complexity index is 637. The number of hydrogen-bond donors (Lipinski definition) is 10. The van der Waals surface area contributed by atoms with E-state index in [0.717, 1.165) is 0 Å². The van der Waals surface area contributed by atoms with Crippen molar-refractivity contribution >= 4 is 0 Å². The van der Waals surface area contributed by atoms with Crippen molar-refractivity contribution in [2.75, 3.05) is 19.8 Å². The van der Waals surface area contributed by atoms with Crippen molar-refractivity contribution in [3.05, 3.63) is 0 Å². The predicted octanol–water partition coefficient (Wildman–Crippen LogP) is -6.50. The summed E-state index contributed by atoms with van der Waals surface area (Å²) in [6, 6.07) is 0. The first-order chi connectivity index (χ1) is 16.0. The van der Waals surface area contributed by atoms with Crippen molar-refractivity contribution in [3.8, 4) is 0 Å². The molecule has 10 N–H and O–H groups in total. The average molecular weight is 502 g/mol. The van der Waals surface area contributed by atoms with Crippen LogP contribution in [0, 0.1) is 0 Å². The lowest BCUT2D eigenvalue weighted by molar-refractivity contribution is -0.362. The number of rotatable bonds is 7. The fourth-order valence-corrected chi connectivity index (χ4v) is 4.16. The summed E-state index contributed by atoms with van der Waals surface area (Å²) in [5, 5.41) is 99.7. The van der Waals surface area contributed by atoms with Gasteiger partial charge < -0.3 is 74.7 Å². The van der Waals surface area contributed by atoms with E-state index >= 15 is 0 Å². The molecule has 3 aliphatic heterocycles. The number of aliphatic hydroxyl groups is 10. The maximum Gasteiger partial charge on any atom is 0.187 e. The minimum atomic E-state index is -1.79. The van der Waals surface area contributed by atoms with Crippen LogP contribution in [-0.4, -0.2) is 163 Å². The van der Waals surface area contributed by atoms with E-state index < -0.39 is 112 Å². The van der Waals surface area contributed by atoms with E-state index in [0.29, 0.717) is 0 Å². The van der Waals surface area contributed by atoms with Gasteiger partial charge in [0.05, 0.1) is 25.9 Å². The highest BCUT2D eigenvalue weighted by atomic mass is 16.7. The number of ether oxygens (including phenoxy) is 5. The van der Waals surface area contributed by atoms with Crippen LogP contribution >= 0.6 is 0 Å². The smallest absolute Gasteiger partial charge is 0.187 e. The summed E-state index contributed by atoms with van der Waals surface area (Å²) >= 11 is 0. The van der Waals surface area contributed by atoms with Crippen molar-refractivity contribution in [2.24, 2.45) is 0 Å². The van der Waals surface area contributed by atoms with Gasteiger partial charge in [-0.05, 0) is 6.92 Å². The standard InChI is InChI=1S/C19H34O15/c1-5-9(22)12(25)11(24)8(31-5)4-30-18-16(29)14(27)17(7(3-21)33-18)34-19-15(28)13(26)10(23)6(2-20)32-19/h5-29H,2-4H2,1H3/t5-,6?,7?,8?,9?,10-,11-,12-,13+,14-,15?,16?,17-,18-,19-/m1/s1. The van der Waals surface area contributed by atoms with E-state index in [9.17, 15) is 51.1 Å². The fourth-order valence-electron chi connectivity index (χ4n) is 4.16. The van der Waals surface area contributed by atoms with Crippen molar-refractivity contribution in [2.45, 2.75) is 98.9 Å². The van der Waals surface area contributed by atoms with E-state index in [2.05, 4.69) is 0 Å². The quantitative estimate of drug-likeness (QED) is 0.155. The Morgan fingerprint density at radius 2 is 1.09 bits per heavy atom. The van der Waals surface area contributed by atoms with Gasteiger partial charge in [0.25, 0.3) is 0 Å². The zero-order valence-electron chi connectivity index (χ0n) is 18.3. The Morgan fingerprint density at radius 1 is 0.559 bits per heavy atom. The zero-order chi connectivity index (χ0) is 25.3. The monoisotopic (exact) mass is 502 g/mol. The van der Waals surface area contributed by atoms with Gasteiger partial charge in [0.1, 0.15) is 73.2 Å². The van der Waals surface area contributed by atoms with Crippen LogP contribution in [0.3, 0.4) is 0 Å². The highest BCUT2D eigenvalue weighted by molar-refractivity contribution is 4.95. The van der Waals surface area contributed by atoms with Gasteiger partial charge in [-0.3, -0.25) is 0 Å². The molecule has 0 spiro atoms. The third kappa shape index (κ3) is 5.54. The van der Waals surface area contributed by atoms with E-state index in [4.69, 9.17) is 23.7 Å². The second-order valence-corrected chi connectivity index (χ2v) is 8.69. The van der Waals surface area contributed by atoms with Gasteiger partial charge in [-0.15, -0.1) is 0 Å². The SMILES string of the molecule is C[C@H]1OC(CO[C@@H]2OC(CO)[C@@H](O[C@H]3OC(CO)[C@@H](O)[C@H](O)C3O)[C@H](O)C2O)[C@@H](O)[C@H](O)C1O. The molecule has 3 heterocycles. The summed E-state index contributed by atoms with van der Waals surface area (Å²) in [5.41, 5.74) is 0. The Hall–Kier alpha value is -0.600. The first-order valence-corrected chi connectivity index (χ1v) is 10.9. The molecule has 15 heteroatoms. The van der Waals surface area contributed by atoms with Crippen LogP contribution in [-0.2, 0) is 23.7 Å². The molecule has 0 bridgehead atoms. The lowest BCUT2D eigenvalue weighted by Gasteiger charge is -2.46. The van der Waals surface area contributed by atoms with Gasteiger partial charge in [0.2, 0.25) is 0 Å². The molecule has 0 amide bonds. The minimum absolute atomic E-state index is 0.417. The van der Waals surface area contributed by atoms with Gasteiger partial charge >= 0.3 is 0 Å². The molecule has 0 aromatic carbocycles. The molecule has 0 radical (unpaired) electrons. The molecular weight excluding hydrogens is 468 g/mol. The van der Waals surface area contributed by atoms with Crippen LogP contribution in [0.5, 0.6) is 0 Å². The van der Waals surface area contributed by atoms with Crippen LogP contribution in [0.15, 0.2) is 0 Å². The van der Waals surface area contributed by atoms with Crippen molar-refractivity contribution in [3.63, 3.8) is 0 Å². The summed E-state index contributed by atoms with van der Waals surface area (Å²) in [6.07, 6.45) is -22.2. The second kappa shape index (κ2) is 11.6. The maximum atomic E-state index is 10.6. The van der Waals surface area contributed by atoms with Crippen LogP contribution in [0.4, 0.5) is 0 Å². The van der Waals surface area contributed by atoms with Crippen molar-refractivity contribution in [1.29, 1.82) is 0 Å². The minimum Gasteiger partial charge on any atom is -0.394 e.